The minimum absolute atomic E-state index is 0.0715. The molecule has 2 aromatic carbocycles. The number of benzene rings is 2. The molecule has 23 heavy (non-hydrogen) atoms. The van der Waals surface area contributed by atoms with Crippen LogP contribution in [-0.4, -0.2) is 27.9 Å². The summed E-state index contributed by atoms with van der Waals surface area (Å²) in [5.41, 5.74) is 0.0260. The number of rotatable bonds is 4. The maximum atomic E-state index is 14.0. The highest BCUT2D eigenvalue weighted by atomic mass is 19.3. The van der Waals surface area contributed by atoms with E-state index < -0.39 is 24.0 Å². The smallest absolute Gasteiger partial charge is 0.309 e. The van der Waals surface area contributed by atoms with Crippen LogP contribution in [0.2, 0.25) is 0 Å². The van der Waals surface area contributed by atoms with E-state index in [1.165, 1.54) is 18.2 Å². The minimum atomic E-state index is -3.80. The Labute approximate surface area is 128 Å². The molecule has 0 saturated carbocycles. The summed E-state index contributed by atoms with van der Waals surface area (Å²) in [5, 5.41) is 21.5. The van der Waals surface area contributed by atoms with Gasteiger partial charge in [0.25, 0.3) is 0 Å². The Morgan fingerprint density at radius 3 is 2.52 bits per heavy atom. The van der Waals surface area contributed by atoms with Crippen molar-refractivity contribution in [3.8, 4) is 0 Å². The van der Waals surface area contributed by atoms with Gasteiger partial charge in [-0.2, -0.15) is 8.78 Å². The van der Waals surface area contributed by atoms with Gasteiger partial charge in [-0.1, -0.05) is 23.4 Å². The van der Waals surface area contributed by atoms with E-state index in [9.17, 15) is 13.6 Å². The summed E-state index contributed by atoms with van der Waals surface area (Å²) < 4.78 is 33.5. The van der Waals surface area contributed by atoms with Crippen molar-refractivity contribution in [2.45, 2.75) is 12.3 Å². The predicted octanol–water partition coefficient (Wildman–Crippen LogP) is 3.87. The van der Waals surface area contributed by atoms with Gasteiger partial charge < -0.3 is 14.7 Å². The zero-order valence-electron chi connectivity index (χ0n) is 11.7. The lowest BCUT2D eigenvalue weighted by Crippen LogP contribution is -2.32. The molecule has 2 N–H and O–H groups in total. The van der Waals surface area contributed by atoms with Gasteiger partial charge in [-0.25, -0.2) is 0 Å². The number of carboxylic acid groups (broad SMARTS) is 1. The van der Waals surface area contributed by atoms with Crippen molar-refractivity contribution >= 4 is 33.6 Å². The van der Waals surface area contributed by atoms with Crippen LogP contribution in [0.4, 0.5) is 8.78 Å². The molecule has 0 aliphatic heterocycles. The van der Waals surface area contributed by atoms with Crippen LogP contribution in [0.1, 0.15) is 12.0 Å². The molecule has 0 aliphatic carbocycles. The predicted molar refractivity (Wildman–Crippen MR) is 79.2 cm³/mol. The fourth-order valence-electron chi connectivity index (χ4n) is 2.49. The van der Waals surface area contributed by atoms with Gasteiger partial charge in [0, 0.05) is 16.3 Å². The molecule has 5 nitrogen and oxygen atoms in total. The van der Waals surface area contributed by atoms with Gasteiger partial charge in [-0.05, 0) is 24.3 Å². The fraction of sp³-hybridized carbons (Fsp3) is 0.125. The SMILES string of the molecule is O=C(O)CC(F)(F)C(=NO)c1ccc2oc3ccccc3c2c1. The van der Waals surface area contributed by atoms with Crippen LogP contribution >= 0.6 is 0 Å². The van der Waals surface area contributed by atoms with Gasteiger partial charge in [-0.3, -0.25) is 4.79 Å². The fourth-order valence-corrected chi connectivity index (χ4v) is 2.49. The van der Waals surface area contributed by atoms with Gasteiger partial charge in [0.05, 0.1) is 0 Å². The number of alkyl halides is 2. The van der Waals surface area contributed by atoms with E-state index in [-0.39, 0.29) is 5.56 Å². The Morgan fingerprint density at radius 1 is 1.13 bits per heavy atom. The largest absolute Gasteiger partial charge is 0.481 e. The zero-order valence-corrected chi connectivity index (χ0v) is 11.7. The van der Waals surface area contributed by atoms with Crippen molar-refractivity contribution in [2.75, 3.05) is 0 Å². The van der Waals surface area contributed by atoms with Crippen LogP contribution in [0, 0.1) is 0 Å². The molecular formula is C16H11F2NO4. The highest BCUT2D eigenvalue weighted by Crippen LogP contribution is 2.32. The molecule has 0 spiro atoms. The Morgan fingerprint density at radius 2 is 1.83 bits per heavy atom. The van der Waals surface area contributed by atoms with Crippen molar-refractivity contribution in [3.63, 3.8) is 0 Å². The van der Waals surface area contributed by atoms with E-state index in [2.05, 4.69) is 5.16 Å². The van der Waals surface area contributed by atoms with Crippen LogP contribution in [-0.2, 0) is 4.79 Å². The van der Waals surface area contributed by atoms with Crippen molar-refractivity contribution in [1.82, 2.24) is 0 Å². The highest BCUT2D eigenvalue weighted by molar-refractivity contribution is 6.12. The third-order valence-electron chi connectivity index (χ3n) is 3.47. The summed E-state index contributed by atoms with van der Waals surface area (Å²) in [5.74, 6) is -5.49. The van der Waals surface area contributed by atoms with Crippen molar-refractivity contribution in [3.05, 3.63) is 48.0 Å². The van der Waals surface area contributed by atoms with E-state index in [4.69, 9.17) is 14.7 Å². The number of hydrogen-bond acceptors (Lipinski definition) is 4. The molecule has 0 saturated heterocycles. The first-order valence-corrected chi connectivity index (χ1v) is 6.66. The molecule has 7 heteroatoms. The first-order valence-electron chi connectivity index (χ1n) is 6.66. The third-order valence-corrected chi connectivity index (χ3v) is 3.47. The Kier molecular flexibility index (Phi) is 3.48. The summed E-state index contributed by atoms with van der Waals surface area (Å²) in [6.45, 7) is 0. The zero-order chi connectivity index (χ0) is 16.6. The maximum Gasteiger partial charge on any atom is 0.309 e. The molecule has 0 bridgehead atoms. The number of furan rings is 1. The number of para-hydroxylation sites is 1. The van der Waals surface area contributed by atoms with Gasteiger partial charge in [0.2, 0.25) is 0 Å². The Hall–Kier alpha value is -2.96. The molecule has 0 unspecified atom stereocenters. The highest BCUT2D eigenvalue weighted by Gasteiger charge is 2.40. The summed E-state index contributed by atoms with van der Waals surface area (Å²) in [6, 6.07) is 11.3. The van der Waals surface area contributed by atoms with Crippen LogP contribution in [0.25, 0.3) is 21.9 Å². The van der Waals surface area contributed by atoms with E-state index in [0.717, 1.165) is 5.39 Å². The topological polar surface area (TPSA) is 83.0 Å². The maximum absolute atomic E-state index is 14.0. The van der Waals surface area contributed by atoms with E-state index in [1.807, 2.05) is 0 Å². The van der Waals surface area contributed by atoms with Gasteiger partial charge in [-0.15, -0.1) is 0 Å². The first-order chi connectivity index (χ1) is 10.9. The van der Waals surface area contributed by atoms with Crippen LogP contribution in [0.3, 0.4) is 0 Å². The molecule has 0 amide bonds. The van der Waals surface area contributed by atoms with E-state index in [0.29, 0.717) is 16.6 Å². The van der Waals surface area contributed by atoms with Gasteiger partial charge >= 0.3 is 11.9 Å². The minimum Gasteiger partial charge on any atom is -0.481 e. The number of carboxylic acids is 1. The number of oxime groups is 1. The molecule has 0 atom stereocenters. The normalized spacial score (nSPS) is 12.9. The van der Waals surface area contributed by atoms with Crippen molar-refractivity contribution in [2.24, 2.45) is 5.16 Å². The van der Waals surface area contributed by atoms with Crippen molar-refractivity contribution in [1.29, 1.82) is 0 Å². The molecule has 3 aromatic rings. The second-order valence-electron chi connectivity index (χ2n) is 5.03. The molecule has 0 radical (unpaired) electrons. The third kappa shape index (κ3) is 2.61. The molecule has 3 rings (SSSR count). The number of halogens is 2. The monoisotopic (exact) mass is 319 g/mol. The second-order valence-corrected chi connectivity index (χ2v) is 5.03. The van der Waals surface area contributed by atoms with Gasteiger partial charge in [0.1, 0.15) is 17.6 Å². The average Bonchev–Trinajstić information content (AvgIpc) is 2.84. The lowest BCUT2D eigenvalue weighted by molar-refractivity contribution is -0.141. The van der Waals surface area contributed by atoms with Gasteiger partial charge in [0.15, 0.2) is 5.71 Å². The Bertz CT molecular complexity index is 930. The molecule has 1 aromatic heterocycles. The van der Waals surface area contributed by atoms with Crippen LogP contribution < -0.4 is 0 Å². The quantitative estimate of drug-likeness (QED) is 0.434. The molecule has 118 valence electrons. The lowest BCUT2D eigenvalue weighted by Gasteiger charge is -2.15. The molecule has 0 aliphatic rings. The standard InChI is InChI=1S/C16H11F2NO4/c17-16(18,8-14(20)21)15(19-22)9-5-6-13-11(7-9)10-3-1-2-4-12(10)23-13/h1-7,22H,8H2,(H,20,21). The summed E-state index contributed by atoms with van der Waals surface area (Å²) in [6.07, 6.45) is -1.46. The Balaban J connectivity index is 2.15. The van der Waals surface area contributed by atoms with Crippen LogP contribution in [0.5, 0.6) is 0 Å². The van der Waals surface area contributed by atoms with Crippen LogP contribution in [0.15, 0.2) is 52.0 Å². The number of fused-ring (bicyclic) bond motifs is 3. The summed E-state index contributed by atoms with van der Waals surface area (Å²) in [4.78, 5) is 10.6. The summed E-state index contributed by atoms with van der Waals surface area (Å²) in [7, 11) is 0. The average molecular weight is 319 g/mol. The first kappa shape index (κ1) is 15.0. The molecule has 0 fully saturated rings. The number of hydrogen-bond donors (Lipinski definition) is 2. The lowest BCUT2D eigenvalue weighted by atomic mass is 10.00. The number of aliphatic carboxylic acids is 1. The molecular weight excluding hydrogens is 308 g/mol. The molecule has 1 heterocycles. The summed E-state index contributed by atoms with van der Waals surface area (Å²) >= 11 is 0. The van der Waals surface area contributed by atoms with E-state index >= 15 is 0 Å². The number of carbonyl (C=O) groups is 1. The number of nitrogens with zero attached hydrogens (tertiary/aromatic N) is 1. The second kappa shape index (κ2) is 5.35. The van der Waals surface area contributed by atoms with Crippen molar-refractivity contribution < 1.29 is 28.3 Å². The van der Waals surface area contributed by atoms with E-state index in [1.54, 1.807) is 24.3 Å².